The van der Waals surface area contributed by atoms with Crippen LogP contribution >= 0.6 is 15.9 Å². The number of nitrogens with zero attached hydrogens (tertiary/aromatic N) is 3. The molecule has 0 radical (unpaired) electrons. The number of hydrogen-bond acceptors (Lipinski definition) is 3. The van der Waals surface area contributed by atoms with Crippen molar-refractivity contribution >= 4 is 21.8 Å². The lowest BCUT2D eigenvalue weighted by molar-refractivity contribution is 0.0741. The Bertz CT molecular complexity index is 448. The van der Waals surface area contributed by atoms with E-state index in [9.17, 15) is 4.79 Å². The number of nitriles is 1. The Morgan fingerprint density at radius 2 is 2.35 bits per heavy atom. The second-order valence-electron chi connectivity index (χ2n) is 4.00. The van der Waals surface area contributed by atoms with Gasteiger partial charge in [-0.2, -0.15) is 5.26 Å². The van der Waals surface area contributed by atoms with Crippen LogP contribution in [0.5, 0.6) is 0 Å². The minimum Gasteiger partial charge on any atom is -0.333 e. The molecule has 1 aliphatic rings. The Kier molecular flexibility index (Phi) is 3.75. The van der Waals surface area contributed by atoms with Crippen molar-refractivity contribution in [1.29, 1.82) is 5.26 Å². The quantitative estimate of drug-likeness (QED) is 0.856. The molecule has 1 fully saturated rings. The molecule has 0 aliphatic heterocycles. The fourth-order valence-corrected chi connectivity index (χ4v) is 1.89. The summed E-state index contributed by atoms with van der Waals surface area (Å²) in [6.07, 6.45) is 4.06. The van der Waals surface area contributed by atoms with E-state index in [0.717, 1.165) is 17.3 Å². The Morgan fingerprint density at radius 3 is 2.88 bits per heavy atom. The number of amides is 1. The minimum atomic E-state index is -0.0738. The fourth-order valence-electron chi connectivity index (χ4n) is 1.66. The van der Waals surface area contributed by atoms with Crippen molar-refractivity contribution < 1.29 is 4.79 Å². The number of hydrogen-bond donors (Lipinski definition) is 0. The molecule has 0 aromatic carbocycles. The highest BCUT2D eigenvalue weighted by atomic mass is 79.9. The van der Waals surface area contributed by atoms with E-state index in [1.807, 2.05) is 0 Å². The molecule has 1 amide bonds. The lowest BCUT2D eigenvalue weighted by Gasteiger charge is -2.20. The summed E-state index contributed by atoms with van der Waals surface area (Å²) >= 11 is 3.28. The second-order valence-corrected chi connectivity index (χ2v) is 4.92. The van der Waals surface area contributed by atoms with Crippen molar-refractivity contribution in [2.24, 2.45) is 0 Å². The Labute approximate surface area is 108 Å². The van der Waals surface area contributed by atoms with Crippen molar-refractivity contribution in [2.45, 2.75) is 25.3 Å². The van der Waals surface area contributed by atoms with E-state index in [2.05, 4.69) is 27.0 Å². The average molecular weight is 294 g/mol. The summed E-state index contributed by atoms with van der Waals surface area (Å²) in [5, 5.41) is 8.60. The lowest BCUT2D eigenvalue weighted by Crippen LogP contribution is -2.34. The molecule has 1 saturated carbocycles. The summed E-state index contributed by atoms with van der Waals surface area (Å²) in [6.45, 7) is 0.498. The first-order valence-corrected chi connectivity index (χ1v) is 6.31. The number of pyridine rings is 1. The predicted octanol–water partition coefficient (Wildman–Crippen LogP) is 2.36. The summed E-state index contributed by atoms with van der Waals surface area (Å²) in [5.74, 6) is -0.0738. The van der Waals surface area contributed by atoms with Gasteiger partial charge in [-0.3, -0.25) is 4.79 Å². The Hall–Kier alpha value is -1.41. The van der Waals surface area contributed by atoms with Gasteiger partial charge in [-0.15, -0.1) is 0 Å². The molecular weight excluding hydrogens is 282 g/mol. The summed E-state index contributed by atoms with van der Waals surface area (Å²) in [6, 6.07) is 5.88. The van der Waals surface area contributed by atoms with E-state index >= 15 is 0 Å². The third-order valence-electron chi connectivity index (χ3n) is 2.66. The SMILES string of the molecule is N#CCCN(C(=O)c1ccc(Br)cn1)C1CC1. The van der Waals surface area contributed by atoms with Crippen LogP contribution < -0.4 is 0 Å². The second kappa shape index (κ2) is 5.28. The van der Waals surface area contributed by atoms with E-state index in [-0.39, 0.29) is 5.91 Å². The van der Waals surface area contributed by atoms with Crippen LogP contribution in [-0.4, -0.2) is 28.4 Å². The number of halogens is 1. The maximum absolute atomic E-state index is 12.2. The van der Waals surface area contributed by atoms with Gasteiger partial charge in [0, 0.05) is 23.3 Å². The number of carbonyl (C=O) groups is 1. The number of aromatic nitrogens is 1. The van der Waals surface area contributed by atoms with Gasteiger partial charge in [0.2, 0.25) is 0 Å². The molecule has 0 spiro atoms. The molecule has 0 unspecified atom stereocenters. The normalized spacial score (nSPS) is 14.1. The van der Waals surface area contributed by atoms with Crippen LogP contribution in [0.3, 0.4) is 0 Å². The van der Waals surface area contributed by atoms with Gasteiger partial charge < -0.3 is 4.90 Å². The van der Waals surface area contributed by atoms with Gasteiger partial charge in [-0.1, -0.05) is 0 Å². The van der Waals surface area contributed by atoms with Gasteiger partial charge in [0.15, 0.2) is 0 Å². The van der Waals surface area contributed by atoms with Crippen LogP contribution in [0, 0.1) is 11.3 Å². The molecule has 1 aliphatic carbocycles. The minimum absolute atomic E-state index is 0.0738. The molecule has 1 aromatic rings. The number of carbonyl (C=O) groups excluding carboxylic acids is 1. The molecule has 1 heterocycles. The van der Waals surface area contributed by atoms with E-state index in [0.29, 0.717) is 24.7 Å². The monoisotopic (exact) mass is 293 g/mol. The average Bonchev–Trinajstić information content (AvgIpc) is 3.14. The third kappa shape index (κ3) is 3.04. The zero-order valence-electron chi connectivity index (χ0n) is 9.27. The Balaban J connectivity index is 2.10. The first-order chi connectivity index (χ1) is 8.22. The van der Waals surface area contributed by atoms with Gasteiger partial charge in [-0.05, 0) is 40.9 Å². The van der Waals surface area contributed by atoms with Gasteiger partial charge in [0.1, 0.15) is 5.69 Å². The smallest absolute Gasteiger partial charge is 0.272 e. The van der Waals surface area contributed by atoms with Crippen LogP contribution in [0.2, 0.25) is 0 Å². The summed E-state index contributed by atoms with van der Waals surface area (Å²) in [4.78, 5) is 18.0. The van der Waals surface area contributed by atoms with Crippen molar-refractivity contribution in [3.63, 3.8) is 0 Å². The van der Waals surface area contributed by atoms with E-state index in [1.165, 1.54) is 0 Å². The zero-order chi connectivity index (χ0) is 12.3. The van der Waals surface area contributed by atoms with Gasteiger partial charge in [-0.25, -0.2) is 4.98 Å². The topological polar surface area (TPSA) is 57.0 Å². The summed E-state index contributed by atoms with van der Waals surface area (Å²) in [7, 11) is 0. The van der Waals surface area contributed by atoms with Crippen LogP contribution in [0.15, 0.2) is 22.8 Å². The van der Waals surface area contributed by atoms with Crippen LogP contribution in [0.1, 0.15) is 29.8 Å². The summed E-state index contributed by atoms with van der Waals surface area (Å²) in [5.41, 5.74) is 0.443. The molecule has 1 aromatic heterocycles. The van der Waals surface area contributed by atoms with E-state index in [4.69, 9.17) is 5.26 Å². The molecule has 4 nitrogen and oxygen atoms in total. The Morgan fingerprint density at radius 1 is 1.59 bits per heavy atom. The van der Waals surface area contributed by atoms with Gasteiger partial charge >= 0.3 is 0 Å². The maximum atomic E-state index is 12.2. The summed E-state index contributed by atoms with van der Waals surface area (Å²) < 4.78 is 0.851. The largest absolute Gasteiger partial charge is 0.333 e. The van der Waals surface area contributed by atoms with Crippen molar-refractivity contribution in [3.8, 4) is 6.07 Å². The molecule has 2 rings (SSSR count). The van der Waals surface area contributed by atoms with E-state index < -0.39 is 0 Å². The maximum Gasteiger partial charge on any atom is 0.272 e. The molecule has 0 bridgehead atoms. The standard InChI is InChI=1S/C12H12BrN3O/c13-9-2-5-11(15-8-9)12(17)16(7-1-6-14)10-3-4-10/h2,5,8,10H,1,3-4,7H2. The highest BCUT2D eigenvalue weighted by molar-refractivity contribution is 9.10. The number of rotatable bonds is 4. The van der Waals surface area contributed by atoms with Crippen LogP contribution in [0.25, 0.3) is 0 Å². The van der Waals surface area contributed by atoms with Crippen LogP contribution in [-0.2, 0) is 0 Å². The fraction of sp³-hybridized carbons (Fsp3) is 0.417. The molecular formula is C12H12BrN3O. The third-order valence-corrected chi connectivity index (χ3v) is 3.13. The molecule has 88 valence electrons. The highest BCUT2D eigenvalue weighted by Gasteiger charge is 2.33. The van der Waals surface area contributed by atoms with Crippen molar-refractivity contribution in [2.75, 3.05) is 6.54 Å². The molecule has 17 heavy (non-hydrogen) atoms. The lowest BCUT2D eigenvalue weighted by atomic mass is 10.3. The van der Waals surface area contributed by atoms with Crippen LogP contribution in [0.4, 0.5) is 0 Å². The molecule has 5 heteroatoms. The van der Waals surface area contributed by atoms with Crippen molar-refractivity contribution in [3.05, 3.63) is 28.5 Å². The zero-order valence-corrected chi connectivity index (χ0v) is 10.9. The molecule has 0 atom stereocenters. The highest BCUT2D eigenvalue weighted by Crippen LogP contribution is 2.28. The van der Waals surface area contributed by atoms with E-state index in [1.54, 1.807) is 23.2 Å². The van der Waals surface area contributed by atoms with Gasteiger partial charge in [0.05, 0.1) is 12.5 Å². The first-order valence-electron chi connectivity index (χ1n) is 5.52. The van der Waals surface area contributed by atoms with Crippen molar-refractivity contribution in [1.82, 2.24) is 9.88 Å². The predicted molar refractivity (Wildman–Crippen MR) is 66.2 cm³/mol. The molecule has 0 saturated heterocycles. The first kappa shape index (κ1) is 12.1. The molecule has 0 N–H and O–H groups in total. The van der Waals surface area contributed by atoms with Gasteiger partial charge in [0.25, 0.3) is 5.91 Å².